The van der Waals surface area contributed by atoms with Gasteiger partial charge in [0.15, 0.2) is 23.0 Å². The Bertz CT molecular complexity index is 922. The first-order valence-electron chi connectivity index (χ1n) is 7.72. The molecule has 3 aromatic rings. The molecule has 0 aliphatic heterocycles. The van der Waals surface area contributed by atoms with Crippen molar-refractivity contribution in [2.75, 3.05) is 7.05 Å². The number of amides is 1. The van der Waals surface area contributed by atoms with E-state index in [2.05, 4.69) is 15.4 Å². The first kappa shape index (κ1) is 17.6. The van der Waals surface area contributed by atoms with Gasteiger partial charge in [-0.15, -0.1) is 0 Å². The molecule has 2 aromatic heterocycles. The summed E-state index contributed by atoms with van der Waals surface area (Å²) in [7, 11) is 1.61. The van der Waals surface area contributed by atoms with E-state index in [1.807, 2.05) is 0 Å². The van der Waals surface area contributed by atoms with E-state index in [-0.39, 0.29) is 30.5 Å². The van der Waals surface area contributed by atoms with Gasteiger partial charge in [0.2, 0.25) is 0 Å². The van der Waals surface area contributed by atoms with E-state index in [0.717, 1.165) is 17.8 Å². The monoisotopic (exact) mass is 362 g/mol. The summed E-state index contributed by atoms with van der Waals surface area (Å²) in [6, 6.07) is 6.27. The Kier molecular flexibility index (Phi) is 4.97. The number of H-pyrrole nitrogens is 1. The van der Waals surface area contributed by atoms with Crippen molar-refractivity contribution in [1.29, 1.82) is 0 Å². The van der Waals surface area contributed by atoms with Crippen LogP contribution in [0.5, 0.6) is 5.75 Å². The molecule has 0 aliphatic rings. The predicted molar refractivity (Wildman–Crippen MR) is 86.3 cm³/mol. The van der Waals surface area contributed by atoms with E-state index in [1.165, 1.54) is 17.0 Å². The van der Waals surface area contributed by atoms with Gasteiger partial charge in [-0.25, -0.2) is 8.78 Å². The zero-order valence-electron chi connectivity index (χ0n) is 14.1. The van der Waals surface area contributed by atoms with Crippen molar-refractivity contribution < 1.29 is 22.8 Å². The number of carbonyl (C=O) groups excluding carboxylic acids is 1. The van der Waals surface area contributed by atoms with Gasteiger partial charge in [-0.1, -0.05) is 5.16 Å². The lowest BCUT2D eigenvalue weighted by Gasteiger charge is -2.13. The van der Waals surface area contributed by atoms with Crippen LogP contribution in [0.1, 0.15) is 27.6 Å². The van der Waals surface area contributed by atoms with Crippen molar-refractivity contribution >= 4 is 5.91 Å². The smallest absolute Gasteiger partial charge is 0.274 e. The fourth-order valence-corrected chi connectivity index (χ4v) is 2.28. The van der Waals surface area contributed by atoms with Gasteiger partial charge in [-0.05, 0) is 25.1 Å². The van der Waals surface area contributed by atoms with Gasteiger partial charge in [0.1, 0.15) is 12.4 Å². The Balaban J connectivity index is 1.60. The summed E-state index contributed by atoms with van der Waals surface area (Å²) in [6.07, 6.45) is 0. The Morgan fingerprint density at radius 2 is 2.12 bits per heavy atom. The Hall–Kier alpha value is -3.23. The lowest BCUT2D eigenvalue weighted by atomic mass is 10.3. The number of aromatic nitrogens is 3. The minimum Gasteiger partial charge on any atom is -0.484 e. The average Bonchev–Trinajstić information content (AvgIpc) is 3.22. The maximum absolute atomic E-state index is 13.5. The summed E-state index contributed by atoms with van der Waals surface area (Å²) < 4.78 is 36.8. The second-order valence-electron chi connectivity index (χ2n) is 5.74. The Morgan fingerprint density at radius 3 is 2.81 bits per heavy atom. The van der Waals surface area contributed by atoms with Crippen molar-refractivity contribution in [1.82, 2.24) is 20.3 Å². The Labute approximate surface area is 147 Å². The van der Waals surface area contributed by atoms with Gasteiger partial charge >= 0.3 is 0 Å². The van der Waals surface area contributed by atoms with Crippen LogP contribution in [0, 0.1) is 18.6 Å². The van der Waals surface area contributed by atoms with Gasteiger partial charge < -0.3 is 14.2 Å². The number of benzene rings is 1. The lowest BCUT2D eigenvalue weighted by Crippen LogP contribution is -2.26. The van der Waals surface area contributed by atoms with Crippen molar-refractivity contribution in [2.45, 2.75) is 20.1 Å². The van der Waals surface area contributed by atoms with Gasteiger partial charge in [-0.3, -0.25) is 9.89 Å². The maximum atomic E-state index is 13.5. The molecule has 0 atom stereocenters. The average molecular weight is 362 g/mol. The first-order valence-corrected chi connectivity index (χ1v) is 7.72. The van der Waals surface area contributed by atoms with E-state index in [0.29, 0.717) is 11.5 Å². The number of nitrogens with one attached hydrogen (secondary N) is 1. The molecule has 2 heterocycles. The summed E-state index contributed by atoms with van der Waals surface area (Å²) in [5, 5.41) is 10.4. The summed E-state index contributed by atoms with van der Waals surface area (Å²) >= 11 is 0. The fraction of sp³-hybridized carbons (Fsp3) is 0.235. The molecule has 0 saturated carbocycles. The summed E-state index contributed by atoms with van der Waals surface area (Å²) in [4.78, 5) is 13.8. The summed E-state index contributed by atoms with van der Waals surface area (Å²) in [5.41, 5.74) is 1.39. The first-order chi connectivity index (χ1) is 12.4. The van der Waals surface area contributed by atoms with Crippen molar-refractivity contribution in [3.63, 3.8) is 0 Å². The quantitative estimate of drug-likeness (QED) is 0.729. The topological polar surface area (TPSA) is 84.2 Å². The third kappa shape index (κ3) is 4.05. The summed E-state index contributed by atoms with van der Waals surface area (Å²) in [6.45, 7) is 1.99. The number of hydrogen-bond donors (Lipinski definition) is 1. The number of ether oxygens (including phenoxy) is 1. The van der Waals surface area contributed by atoms with E-state index in [9.17, 15) is 13.6 Å². The molecule has 26 heavy (non-hydrogen) atoms. The van der Waals surface area contributed by atoms with Gasteiger partial charge in [0.05, 0.1) is 17.9 Å². The van der Waals surface area contributed by atoms with E-state index in [4.69, 9.17) is 9.26 Å². The molecule has 1 aromatic carbocycles. The molecule has 9 heteroatoms. The molecular weight excluding hydrogens is 346 g/mol. The Morgan fingerprint density at radius 1 is 1.31 bits per heavy atom. The van der Waals surface area contributed by atoms with Crippen LogP contribution in [-0.2, 0) is 13.2 Å². The van der Waals surface area contributed by atoms with Crippen LogP contribution < -0.4 is 4.74 Å². The number of aryl methyl sites for hydroxylation is 1. The molecule has 3 rings (SSSR count). The highest BCUT2D eigenvalue weighted by Gasteiger charge is 2.17. The molecule has 1 N–H and O–H groups in total. The molecule has 0 unspecified atom stereocenters. The largest absolute Gasteiger partial charge is 0.484 e. The molecule has 7 nitrogen and oxygen atoms in total. The molecule has 0 aliphatic carbocycles. The normalized spacial score (nSPS) is 10.8. The number of rotatable bonds is 6. The zero-order chi connectivity index (χ0) is 18.7. The molecule has 0 saturated heterocycles. The second kappa shape index (κ2) is 7.34. The molecule has 1 amide bonds. The standard InChI is InChI=1S/C17H16F2N4O3/c1-10-5-13(26-22-10)8-23(2)17(24)15-7-12(20-21-15)9-25-16-4-3-11(18)6-14(16)19/h3-7H,8-9H2,1-2H3,(H,20,21). The molecule has 0 bridgehead atoms. The van der Waals surface area contributed by atoms with Crippen molar-refractivity contribution in [3.8, 4) is 5.75 Å². The van der Waals surface area contributed by atoms with Crippen LogP contribution in [0.15, 0.2) is 34.9 Å². The number of hydrogen-bond acceptors (Lipinski definition) is 5. The van der Waals surface area contributed by atoms with Crippen LogP contribution in [0.25, 0.3) is 0 Å². The van der Waals surface area contributed by atoms with Gasteiger partial charge in [0.25, 0.3) is 5.91 Å². The van der Waals surface area contributed by atoms with Crippen molar-refractivity contribution in [2.24, 2.45) is 0 Å². The van der Waals surface area contributed by atoms with Crippen LogP contribution in [-0.4, -0.2) is 33.2 Å². The third-order valence-electron chi connectivity index (χ3n) is 3.54. The minimum absolute atomic E-state index is 0.0478. The number of aromatic amines is 1. The number of carbonyl (C=O) groups is 1. The van der Waals surface area contributed by atoms with Gasteiger partial charge in [-0.2, -0.15) is 5.10 Å². The predicted octanol–water partition coefficient (Wildman–Crippen LogP) is 2.84. The molecule has 0 radical (unpaired) electrons. The molecule has 0 fully saturated rings. The minimum atomic E-state index is -0.803. The van der Waals surface area contributed by atoms with Crippen LogP contribution in [0.4, 0.5) is 8.78 Å². The van der Waals surface area contributed by atoms with E-state index >= 15 is 0 Å². The maximum Gasteiger partial charge on any atom is 0.274 e. The highest BCUT2D eigenvalue weighted by atomic mass is 19.1. The van der Waals surface area contributed by atoms with Crippen LogP contribution >= 0.6 is 0 Å². The second-order valence-corrected chi connectivity index (χ2v) is 5.74. The highest BCUT2D eigenvalue weighted by molar-refractivity contribution is 5.92. The number of nitrogens with zero attached hydrogens (tertiary/aromatic N) is 3. The fourth-order valence-electron chi connectivity index (χ4n) is 2.28. The lowest BCUT2D eigenvalue weighted by molar-refractivity contribution is 0.0766. The van der Waals surface area contributed by atoms with Crippen LogP contribution in [0.2, 0.25) is 0 Å². The van der Waals surface area contributed by atoms with Crippen molar-refractivity contribution in [3.05, 3.63) is 64.8 Å². The molecular formula is C17H16F2N4O3. The molecule has 0 spiro atoms. The third-order valence-corrected chi connectivity index (χ3v) is 3.54. The highest BCUT2D eigenvalue weighted by Crippen LogP contribution is 2.19. The van der Waals surface area contributed by atoms with E-state index in [1.54, 1.807) is 20.0 Å². The zero-order valence-corrected chi connectivity index (χ0v) is 14.1. The SMILES string of the molecule is Cc1cc(CN(C)C(=O)c2cc(COc3ccc(F)cc3F)[nH]n2)on1. The van der Waals surface area contributed by atoms with E-state index < -0.39 is 11.6 Å². The van der Waals surface area contributed by atoms with Crippen LogP contribution in [0.3, 0.4) is 0 Å². The number of halogens is 2. The van der Waals surface area contributed by atoms with Gasteiger partial charge in [0, 0.05) is 19.2 Å². The summed E-state index contributed by atoms with van der Waals surface area (Å²) in [5.74, 6) is -1.34. The molecule has 136 valence electrons.